The summed E-state index contributed by atoms with van der Waals surface area (Å²) in [5, 5.41) is 59.3. The fraction of sp³-hybridized carbons (Fsp3) is 0. The minimum Gasteiger partial charge on any atom is -0.192 e. The van der Waals surface area contributed by atoms with E-state index in [2.05, 4.69) is 9.97 Å². The van der Waals surface area contributed by atoms with Gasteiger partial charge in [0.05, 0.1) is 11.1 Å². The summed E-state index contributed by atoms with van der Waals surface area (Å²) in [7, 11) is 0. The predicted octanol–water partition coefficient (Wildman–Crippen LogP) is 5.53. The van der Waals surface area contributed by atoms with Crippen LogP contribution in [0.2, 0.25) is 0 Å². The molecule has 1 aromatic carbocycles. The predicted molar refractivity (Wildman–Crippen MR) is 136 cm³/mol. The number of aromatic nitrogens is 2. The Morgan fingerprint density at radius 2 is 0.786 bits per heavy atom. The highest BCUT2D eigenvalue weighted by Gasteiger charge is 2.37. The molecule has 0 spiro atoms. The standard InChI is InChI=1S/C30H6F4N8/c31-23-1-13(2-24(32)41-23)27-21(11-39)17-5-20-18(6-19(17)29(27)15(7-35)8-36)22(12-40)28(30(20)16(9-37)10-38)14-3-25(33)42-26(34)4-14/h1-6H. The number of hydrogen-bond acceptors (Lipinski definition) is 8. The zero-order valence-electron chi connectivity index (χ0n) is 20.6. The zero-order chi connectivity index (χ0) is 30.3. The first-order valence-electron chi connectivity index (χ1n) is 11.5. The Balaban J connectivity index is 1.95. The van der Waals surface area contributed by atoms with Crippen LogP contribution in [0.15, 0.2) is 47.5 Å². The van der Waals surface area contributed by atoms with Gasteiger partial charge in [0.2, 0.25) is 23.8 Å². The molecule has 0 amide bonds. The summed E-state index contributed by atoms with van der Waals surface area (Å²) in [4.78, 5) is 6.07. The fourth-order valence-electron chi connectivity index (χ4n) is 5.04. The molecule has 0 N–H and O–H groups in total. The summed E-state index contributed by atoms with van der Waals surface area (Å²) >= 11 is 0. The molecule has 0 bridgehead atoms. The van der Waals surface area contributed by atoms with Gasteiger partial charge in [0.25, 0.3) is 0 Å². The lowest BCUT2D eigenvalue weighted by Gasteiger charge is -2.11. The van der Waals surface area contributed by atoms with E-state index in [0.29, 0.717) is 0 Å². The van der Waals surface area contributed by atoms with Gasteiger partial charge in [-0.15, -0.1) is 0 Å². The van der Waals surface area contributed by atoms with Crippen molar-refractivity contribution in [3.8, 4) is 36.4 Å². The molecule has 5 rings (SSSR count). The summed E-state index contributed by atoms with van der Waals surface area (Å²) in [6.45, 7) is 0. The number of nitriles is 6. The molecule has 3 aromatic rings. The molecule has 42 heavy (non-hydrogen) atoms. The topological polar surface area (TPSA) is 169 Å². The van der Waals surface area contributed by atoms with Crippen LogP contribution in [-0.2, 0) is 0 Å². The van der Waals surface area contributed by atoms with Gasteiger partial charge in [-0.05, 0) is 34.4 Å². The molecule has 2 aliphatic rings. The maximum Gasteiger partial charge on any atom is 0.216 e. The van der Waals surface area contributed by atoms with Crippen molar-refractivity contribution in [1.82, 2.24) is 9.97 Å². The molecule has 194 valence electrons. The van der Waals surface area contributed by atoms with Crippen molar-refractivity contribution in [2.45, 2.75) is 0 Å². The van der Waals surface area contributed by atoms with Gasteiger partial charge in [-0.25, -0.2) is 0 Å². The highest BCUT2D eigenvalue weighted by Crippen LogP contribution is 2.54. The molecule has 2 heterocycles. The highest BCUT2D eigenvalue weighted by molar-refractivity contribution is 6.29. The summed E-state index contributed by atoms with van der Waals surface area (Å²) in [5.74, 6) is -4.96. The number of rotatable bonds is 2. The van der Waals surface area contributed by atoms with Crippen LogP contribution < -0.4 is 0 Å². The monoisotopic (exact) mass is 554 g/mol. The fourth-order valence-corrected chi connectivity index (χ4v) is 5.04. The van der Waals surface area contributed by atoms with E-state index in [9.17, 15) is 49.1 Å². The average Bonchev–Trinajstić information content (AvgIpc) is 3.44. The minimum atomic E-state index is -1.24. The Kier molecular flexibility index (Phi) is 6.38. The van der Waals surface area contributed by atoms with Gasteiger partial charge in [0, 0.05) is 57.7 Å². The van der Waals surface area contributed by atoms with E-state index in [-0.39, 0.29) is 66.8 Å². The maximum atomic E-state index is 14.1. The summed E-state index contributed by atoms with van der Waals surface area (Å²) in [5.41, 5.74) is -2.42. The summed E-state index contributed by atoms with van der Waals surface area (Å²) < 4.78 is 56.5. The van der Waals surface area contributed by atoms with E-state index in [1.807, 2.05) is 12.1 Å². The highest BCUT2D eigenvalue weighted by atomic mass is 19.1. The van der Waals surface area contributed by atoms with Crippen molar-refractivity contribution in [3.05, 3.63) is 105 Å². The Labute approximate surface area is 233 Å². The van der Waals surface area contributed by atoms with Crippen LogP contribution in [-0.4, -0.2) is 9.97 Å². The van der Waals surface area contributed by atoms with Crippen LogP contribution in [0.5, 0.6) is 0 Å². The van der Waals surface area contributed by atoms with E-state index in [4.69, 9.17) is 0 Å². The lowest BCUT2D eigenvalue weighted by Crippen LogP contribution is -1.97. The van der Waals surface area contributed by atoms with Crippen molar-refractivity contribution >= 4 is 33.4 Å². The number of hydrogen-bond donors (Lipinski definition) is 0. The first-order chi connectivity index (χ1) is 20.2. The minimum absolute atomic E-state index is 0.0419. The van der Waals surface area contributed by atoms with E-state index in [0.717, 1.165) is 24.3 Å². The van der Waals surface area contributed by atoms with Gasteiger partial charge < -0.3 is 0 Å². The third-order valence-corrected chi connectivity index (χ3v) is 6.51. The Hall–Kier alpha value is -6.86. The van der Waals surface area contributed by atoms with Gasteiger partial charge in [-0.1, -0.05) is 0 Å². The molecular formula is C30H6F4N8. The molecule has 0 saturated carbocycles. The Bertz CT molecular complexity index is 1970. The first-order valence-corrected chi connectivity index (χ1v) is 11.5. The van der Waals surface area contributed by atoms with Crippen LogP contribution in [0, 0.1) is 91.8 Å². The molecule has 0 radical (unpaired) electrons. The number of nitrogens with zero attached hydrogens (tertiary/aromatic N) is 8. The van der Waals surface area contributed by atoms with Crippen LogP contribution in [0.4, 0.5) is 17.6 Å². The van der Waals surface area contributed by atoms with Gasteiger partial charge in [0.1, 0.15) is 47.6 Å². The molecule has 2 aromatic heterocycles. The smallest absolute Gasteiger partial charge is 0.192 e. The zero-order valence-corrected chi connectivity index (χ0v) is 20.6. The SMILES string of the molecule is N#CC(C#N)=C1C(c2cc(F)nc(F)c2)=C(C#N)c2cc3c(cc21)C(C#N)=C(c1cc(F)nc(F)c1)C3=C(C#N)C#N. The van der Waals surface area contributed by atoms with Crippen molar-refractivity contribution in [3.63, 3.8) is 0 Å². The second kappa shape index (κ2) is 10.0. The average molecular weight is 554 g/mol. The number of allylic oxidation sites excluding steroid dienone is 8. The maximum absolute atomic E-state index is 14.1. The third kappa shape index (κ3) is 3.95. The van der Waals surface area contributed by atoms with Gasteiger partial charge >= 0.3 is 0 Å². The van der Waals surface area contributed by atoms with E-state index in [1.54, 1.807) is 24.3 Å². The van der Waals surface area contributed by atoms with Crippen molar-refractivity contribution in [2.75, 3.05) is 0 Å². The van der Waals surface area contributed by atoms with E-state index < -0.39 is 34.9 Å². The van der Waals surface area contributed by atoms with Crippen LogP contribution >= 0.6 is 0 Å². The van der Waals surface area contributed by atoms with Gasteiger partial charge in [-0.2, -0.15) is 59.1 Å². The first kappa shape index (κ1) is 26.7. The van der Waals surface area contributed by atoms with Crippen molar-refractivity contribution in [2.24, 2.45) is 0 Å². The molecule has 0 fully saturated rings. The molecule has 0 unspecified atom stereocenters. The van der Waals surface area contributed by atoms with Gasteiger partial charge in [0.15, 0.2) is 0 Å². The molecule has 0 saturated heterocycles. The van der Waals surface area contributed by atoms with Crippen LogP contribution in [0.3, 0.4) is 0 Å². The van der Waals surface area contributed by atoms with E-state index >= 15 is 0 Å². The number of halogens is 4. The number of fused-ring (bicyclic) bond motifs is 2. The van der Waals surface area contributed by atoms with Gasteiger partial charge in [-0.3, -0.25) is 0 Å². The van der Waals surface area contributed by atoms with Crippen molar-refractivity contribution < 1.29 is 17.6 Å². The van der Waals surface area contributed by atoms with Crippen molar-refractivity contribution in [1.29, 1.82) is 31.6 Å². The Morgan fingerprint density at radius 3 is 1.05 bits per heavy atom. The summed E-state index contributed by atoms with van der Waals surface area (Å²) in [6.07, 6.45) is 0. The Morgan fingerprint density at radius 1 is 0.476 bits per heavy atom. The molecule has 0 aliphatic heterocycles. The van der Waals surface area contributed by atoms with Crippen LogP contribution in [0.1, 0.15) is 33.4 Å². The normalized spacial score (nSPS) is 12.8. The molecule has 12 heteroatoms. The quantitative estimate of drug-likeness (QED) is 0.226. The molecular weight excluding hydrogens is 548 g/mol. The largest absolute Gasteiger partial charge is 0.216 e. The third-order valence-electron chi connectivity index (χ3n) is 6.51. The number of pyridine rings is 2. The molecule has 0 atom stereocenters. The summed E-state index contributed by atoms with van der Waals surface area (Å²) in [6, 6.07) is 16.5. The second-order valence-corrected chi connectivity index (χ2v) is 8.62. The lowest BCUT2D eigenvalue weighted by atomic mass is 9.90. The lowest BCUT2D eigenvalue weighted by molar-refractivity contribution is 0.511. The number of benzene rings is 1. The molecule has 2 aliphatic carbocycles. The van der Waals surface area contributed by atoms with E-state index in [1.165, 1.54) is 12.1 Å². The van der Waals surface area contributed by atoms with Crippen LogP contribution in [0.25, 0.3) is 33.4 Å². The molecule has 8 nitrogen and oxygen atoms in total. The second-order valence-electron chi connectivity index (χ2n) is 8.62.